The van der Waals surface area contributed by atoms with Gasteiger partial charge in [-0.1, -0.05) is 0 Å². The molecule has 0 saturated heterocycles. The fourth-order valence-electron chi connectivity index (χ4n) is 0.963. The zero-order valence-electron chi connectivity index (χ0n) is 8.97. The number of nitrogens with zero attached hydrogens (tertiary/aromatic N) is 1. The number of hydrogen-bond acceptors (Lipinski definition) is 5. The van der Waals surface area contributed by atoms with E-state index in [1.807, 2.05) is 0 Å². The van der Waals surface area contributed by atoms with Crippen LogP contribution in [-0.4, -0.2) is 52.1 Å². The van der Waals surface area contributed by atoms with Gasteiger partial charge >= 0.3 is 0 Å². The van der Waals surface area contributed by atoms with E-state index < -0.39 is 10.0 Å². The number of methoxy groups -OCH3 is 1. The van der Waals surface area contributed by atoms with Crippen LogP contribution in [0.4, 0.5) is 0 Å². The van der Waals surface area contributed by atoms with E-state index in [9.17, 15) is 8.42 Å². The molecule has 7 nitrogen and oxygen atoms in total. The van der Waals surface area contributed by atoms with Crippen molar-refractivity contribution in [1.29, 1.82) is 0 Å². The second kappa shape index (κ2) is 6.59. The molecule has 0 atom stereocenters. The number of rotatable bonds is 8. The highest BCUT2D eigenvalue weighted by molar-refractivity contribution is 7.89. The van der Waals surface area contributed by atoms with Crippen molar-refractivity contribution in [3.05, 3.63) is 12.3 Å². The van der Waals surface area contributed by atoms with E-state index in [0.717, 1.165) is 0 Å². The Hall–Kier alpha value is -0.960. The number of nitrogens with one attached hydrogen (secondary N) is 2. The zero-order valence-corrected chi connectivity index (χ0v) is 9.79. The third kappa shape index (κ3) is 4.27. The normalized spacial score (nSPS) is 11.8. The summed E-state index contributed by atoms with van der Waals surface area (Å²) in [4.78, 5) is 0. The van der Waals surface area contributed by atoms with Crippen molar-refractivity contribution in [3.8, 4) is 0 Å². The molecule has 1 heterocycles. The van der Waals surface area contributed by atoms with Gasteiger partial charge in [-0.25, -0.2) is 13.1 Å². The van der Waals surface area contributed by atoms with Crippen LogP contribution < -0.4 is 4.72 Å². The molecule has 1 aromatic rings. The Bertz CT molecular complexity index is 376. The van der Waals surface area contributed by atoms with E-state index in [4.69, 9.17) is 9.47 Å². The average molecular weight is 249 g/mol. The second-order valence-corrected chi connectivity index (χ2v) is 4.66. The average Bonchev–Trinajstić information content (AvgIpc) is 2.77. The molecule has 0 unspecified atom stereocenters. The maximum atomic E-state index is 11.5. The van der Waals surface area contributed by atoms with Crippen LogP contribution in [0, 0.1) is 0 Å². The molecule has 0 aliphatic heterocycles. The second-order valence-electron chi connectivity index (χ2n) is 2.92. The van der Waals surface area contributed by atoms with Gasteiger partial charge in [0.25, 0.3) is 10.0 Å². The van der Waals surface area contributed by atoms with Gasteiger partial charge in [0.15, 0.2) is 5.03 Å². The predicted octanol–water partition coefficient (Wildman–Crippen LogP) is -0.649. The Morgan fingerprint density at radius 3 is 2.88 bits per heavy atom. The molecule has 0 saturated carbocycles. The minimum Gasteiger partial charge on any atom is -0.382 e. The van der Waals surface area contributed by atoms with Gasteiger partial charge in [0, 0.05) is 13.7 Å². The minimum atomic E-state index is -3.49. The van der Waals surface area contributed by atoms with Crippen LogP contribution in [-0.2, 0) is 19.5 Å². The minimum absolute atomic E-state index is 0.0457. The summed E-state index contributed by atoms with van der Waals surface area (Å²) in [6.07, 6.45) is 1.38. The lowest BCUT2D eigenvalue weighted by molar-refractivity contribution is 0.0736. The third-order valence-corrected chi connectivity index (χ3v) is 3.13. The van der Waals surface area contributed by atoms with Crippen molar-refractivity contribution in [1.82, 2.24) is 14.9 Å². The molecule has 0 amide bonds. The van der Waals surface area contributed by atoms with Crippen molar-refractivity contribution in [2.75, 3.05) is 33.5 Å². The molecule has 1 rings (SSSR count). The van der Waals surface area contributed by atoms with Crippen molar-refractivity contribution in [2.45, 2.75) is 5.03 Å². The highest BCUT2D eigenvalue weighted by atomic mass is 32.2. The van der Waals surface area contributed by atoms with Crippen molar-refractivity contribution >= 4 is 10.0 Å². The van der Waals surface area contributed by atoms with Gasteiger partial charge < -0.3 is 9.47 Å². The van der Waals surface area contributed by atoms with Crippen LogP contribution in [0.15, 0.2) is 17.3 Å². The van der Waals surface area contributed by atoms with Crippen LogP contribution in [0.3, 0.4) is 0 Å². The van der Waals surface area contributed by atoms with Crippen LogP contribution in [0.5, 0.6) is 0 Å². The lowest BCUT2D eigenvalue weighted by Crippen LogP contribution is -2.28. The van der Waals surface area contributed by atoms with E-state index >= 15 is 0 Å². The van der Waals surface area contributed by atoms with E-state index in [0.29, 0.717) is 19.8 Å². The third-order valence-electron chi connectivity index (χ3n) is 1.73. The quantitative estimate of drug-likeness (QED) is 0.597. The molecule has 92 valence electrons. The number of sulfonamides is 1. The maximum absolute atomic E-state index is 11.5. The SMILES string of the molecule is COCCOCCNS(=O)(=O)c1ccn[nH]1. The fourth-order valence-corrected chi connectivity index (χ4v) is 1.88. The van der Waals surface area contributed by atoms with Crippen molar-refractivity contribution in [3.63, 3.8) is 0 Å². The Balaban J connectivity index is 2.22. The highest BCUT2D eigenvalue weighted by Crippen LogP contribution is 2.00. The lowest BCUT2D eigenvalue weighted by atomic mass is 10.7. The topological polar surface area (TPSA) is 93.3 Å². The molecule has 16 heavy (non-hydrogen) atoms. The molecule has 0 aliphatic rings. The van der Waals surface area contributed by atoms with Crippen LogP contribution in [0.2, 0.25) is 0 Å². The van der Waals surface area contributed by atoms with Crippen molar-refractivity contribution < 1.29 is 17.9 Å². The predicted molar refractivity (Wildman–Crippen MR) is 56.5 cm³/mol. The smallest absolute Gasteiger partial charge is 0.257 e. The summed E-state index contributed by atoms with van der Waals surface area (Å²) in [5.41, 5.74) is 0. The first-order valence-electron chi connectivity index (χ1n) is 4.72. The molecular formula is C8H15N3O4S. The number of aromatic amines is 1. The first kappa shape index (κ1) is 13.1. The summed E-state index contributed by atoms with van der Waals surface area (Å²) >= 11 is 0. The standard InChI is InChI=1S/C8H15N3O4S/c1-14-6-7-15-5-4-10-16(12,13)8-2-3-9-11-8/h2-3,10H,4-7H2,1H3,(H,9,11). The molecule has 0 aromatic carbocycles. The Morgan fingerprint density at radius 1 is 1.44 bits per heavy atom. The Morgan fingerprint density at radius 2 is 2.25 bits per heavy atom. The van der Waals surface area contributed by atoms with Gasteiger partial charge in [0.1, 0.15) is 0 Å². The van der Waals surface area contributed by atoms with E-state index in [2.05, 4.69) is 14.9 Å². The summed E-state index contributed by atoms with van der Waals surface area (Å²) in [6, 6.07) is 1.38. The summed E-state index contributed by atoms with van der Waals surface area (Å²) < 4.78 is 35.3. The van der Waals surface area contributed by atoms with Crippen LogP contribution >= 0.6 is 0 Å². The van der Waals surface area contributed by atoms with Crippen LogP contribution in [0.25, 0.3) is 0 Å². The molecule has 1 aromatic heterocycles. The first-order chi connectivity index (χ1) is 7.67. The van der Waals surface area contributed by atoms with Crippen molar-refractivity contribution in [2.24, 2.45) is 0 Å². The number of aromatic nitrogens is 2. The van der Waals surface area contributed by atoms with Gasteiger partial charge in [-0.05, 0) is 6.07 Å². The molecule has 2 N–H and O–H groups in total. The van der Waals surface area contributed by atoms with Crippen LogP contribution in [0.1, 0.15) is 0 Å². The maximum Gasteiger partial charge on any atom is 0.257 e. The zero-order chi connectivity index (χ0) is 11.9. The highest BCUT2D eigenvalue weighted by Gasteiger charge is 2.13. The molecule has 0 radical (unpaired) electrons. The molecular weight excluding hydrogens is 234 g/mol. The van der Waals surface area contributed by atoms with Gasteiger partial charge in [-0.3, -0.25) is 5.10 Å². The molecule has 0 spiro atoms. The number of ether oxygens (including phenoxy) is 2. The van der Waals surface area contributed by atoms with Gasteiger partial charge in [-0.2, -0.15) is 5.10 Å². The molecule has 0 aliphatic carbocycles. The molecule has 0 bridgehead atoms. The Labute approximate surface area is 94.2 Å². The number of H-pyrrole nitrogens is 1. The number of hydrogen-bond donors (Lipinski definition) is 2. The van der Waals surface area contributed by atoms with Gasteiger partial charge in [-0.15, -0.1) is 0 Å². The van der Waals surface area contributed by atoms with Gasteiger partial charge in [0.05, 0.1) is 26.0 Å². The lowest BCUT2D eigenvalue weighted by Gasteiger charge is -2.05. The monoisotopic (exact) mass is 249 g/mol. The largest absolute Gasteiger partial charge is 0.382 e. The van der Waals surface area contributed by atoms with E-state index in [-0.39, 0.29) is 11.6 Å². The summed E-state index contributed by atoms with van der Waals surface area (Å²) in [7, 11) is -1.92. The van der Waals surface area contributed by atoms with Gasteiger partial charge in [0.2, 0.25) is 0 Å². The molecule has 8 heteroatoms. The fraction of sp³-hybridized carbons (Fsp3) is 0.625. The Kier molecular flexibility index (Phi) is 5.39. The van der Waals surface area contributed by atoms with E-state index in [1.165, 1.54) is 12.3 Å². The first-order valence-corrected chi connectivity index (χ1v) is 6.21. The summed E-state index contributed by atoms with van der Waals surface area (Å²) in [6.45, 7) is 1.46. The van der Waals surface area contributed by atoms with E-state index in [1.54, 1.807) is 7.11 Å². The summed E-state index contributed by atoms with van der Waals surface area (Å²) in [5.74, 6) is 0. The summed E-state index contributed by atoms with van der Waals surface area (Å²) in [5, 5.41) is 5.99. The molecule has 0 fully saturated rings.